The zero-order chi connectivity index (χ0) is 21.1. The Bertz CT molecular complexity index is 1120. The van der Waals surface area contributed by atoms with Crippen LogP contribution in [0.4, 0.5) is 5.69 Å². The number of hydrogen-bond donors (Lipinski definition) is 1. The third kappa shape index (κ3) is 4.30. The van der Waals surface area contributed by atoms with Gasteiger partial charge in [-0.3, -0.25) is 9.48 Å². The number of nitrogens with one attached hydrogen (secondary N) is 1. The first-order chi connectivity index (χ1) is 14.5. The molecule has 1 N–H and O–H groups in total. The summed E-state index contributed by atoms with van der Waals surface area (Å²) in [4.78, 5) is 12.3. The van der Waals surface area contributed by atoms with Crippen LogP contribution in [-0.4, -0.2) is 22.5 Å². The molecular weight excluding hydrogens is 382 g/mol. The van der Waals surface area contributed by atoms with Gasteiger partial charge in [0.15, 0.2) is 11.5 Å². The molecule has 4 rings (SSSR count). The maximum absolute atomic E-state index is 12.3. The van der Waals surface area contributed by atoms with Crippen molar-refractivity contribution in [2.45, 2.75) is 20.5 Å². The fraction of sp³-hybridized carbons (Fsp3) is 0.217. The molecule has 0 fully saturated rings. The molecule has 1 aliphatic rings. The van der Waals surface area contributed by atoms with Crippen molar-refractivity contribution < 1.29 is 19.0 Å². The third-order valence-electron chi connectivity index (χ3n) is 4.91. The Labute approximate surface area is 174 Å². The number of hydrogen-bond acceptors (Lipinski definition) is 5. The van der Waals surface area contributed by atoms with Crippen molar-refractivity contribution in [1.82, 2.24) is 9.78 Å². The minimum atomic E-state index is -0.202. The van der Waals surface area contributed by atoms with Gasteiger partial charge in [-0.25, -0.2) is 0 Å². The van der Waals surface area contributed by atoms with E-state index in [-0.39, 0.29) is 12.7 Å². The van der Waals surface area contributed by atoms with Gasteiger partial charge in [0.1, 0.15) is 12.4 Å². The SMILES string of the molecule is Cc1nn(C)c(C)c1/C=C/C(=O)Nc1cccc(COc2ccc3c(c2)OCO3)c1. The van der Waals surface area contributed by atoms with Crippen LogP contribution in [0.3, 0.4) is 0 Å². The Morgan fingerprint density at radius 1 is 1.20 bits per heavy atom. The van der Waals surface area contributed by atoms with E-state index in [1.165, 1.54) is 6.08 Å². The lowest BCUT2D eigenvalue weighted by Gasteiger charge is -2.09. The molecule has 1 amide bonds. The zero-order valence-electron chi connectivity index (χ0n) is 17.1. The van der Waals surface area contributed by atoms with E-state index in [0.717, 1.165) is 28.3 Å². The number of benzene rings is 2. The lowest BCUT2D eigenvalue weighted by atomic mass is 10.2. The highest BCUT2D eigenvalue weighted by molar-refractivity contribution is 6.02. The summed E-state index contributed by atoms with van der Waals surface area (Å²) in [6, 6.07) is 13.0. The second-order valence-corrected chi connectivity index (χ2v) is 7.03. The molecule has 2 heterocycles. The van der Waals surface area contributed by atoms with Crippen LogP contribution in [0.1, 0.15) is 22.5 Å². The Hall–Kier alpha value is -3.74. The Kier molecular flexibility index (Phi) is 5.43. The third-order valence-corrected chi connectivity index (χ3v) is 4.91. The first-order valence-electron chi connectivity index (χ1n) is 9.60. The summed E-state index contributed by atoms with van der Waals surface area (Å²) in [6.07, 6.45) is 3.31. The van der Waals surface area contributed by atoms with E-state index in [0.29, 0.717) is 23.8 Å². The highest BCUT2D eigenvalue weighted by Gasteiger charge is 2.13. The predicted molar refractivity (Wildman–Crippen MR) is 114 cm³/mol. The minimum Gasteiger partial charge on any atom is -0.489 e. The molecule has 7 nitrogen and oxygen atoms in total. The number of nitrogens with zero attached hydrogens (tertiary/aromatic N) is 2. The van der Waals surface area contributed by atoms with Crippen molar-refractivity contribution >= 4 is 17.7 Å². The number of aryl methyl sites for hydroxylation is 2. The van der Waals surface area contributed by atoms with Gasteiger partial charge in [0.2, 0.25) is 12.7 Å². The molecule has 0 saturated heterocycles. The molecule has 0 aliphatic carbocycles. The van der Waals surface area contributed by atoms with E-state index in [1.54, 1.807) is 16.8 Å². The molecule has 0 atom stereocenters. The number of carbonyl (C=O) groups is 1. The molecule has 7 heteroatoms. The quantitative estimate of drug-likeness (QED) is 0.628. The van der Waals surface area contributed by atoms with Crippen LogP contribution >= 0.6 is 0 Å². The highest BCUT2D eigenvalue weighted by atomic mass is 16.7. The zero-order valence-corrected chi connectivity index (χ0v) is 17.1. The Balaban J connectivity index is 1.37. The van der Waals surface area contributed by atoms with E-state index < -0.39 is 0 Å². The van der Waals surface area contributed by atoms with Crippen molar-refractivity contribution in [3.8, 4) is 17.2 Å². The number of anilines is 1. The van der Waals surface area contributed by atoms with E-state index in [2.05, 4.69) is 10.4 Å². The maximum atomic E-state index is 12.3. The van der Waals surface area contributed by atoms with E-state index in [4.69, 9.17) is 14.2 Å². The first kappa shape index (κ1) is 19.6. The lowest BCUT2D eigenvalue weighted by Crippen LogP contribution is -2.08. The van der Waals surface area contributed by atoms with Crippen molar-refractivity contribution in [2.75, 3.05) is 12.1 Å². The van der Waals surface area contributed by atoms with Gasteiger partial charge in [-0.2, -0.15) is 5.10 Å². The summed E-state index contributed by atoms with van der Waals surface area (Å²) < 4.78 is 18.3. The second kappa shape index (κ2) is 8.32. The average Bonchev–Trinajstić information content (AvgIpc) is 3.29. The van der Waals surface area contributed by atoms with Gasteiger partial charge in [-0.15, -0.1) is 0 Å². The monoisotopic (exact) mass is 405 g/mol. The summed E-state index contributed by atoms with van der Waals surface area (Å²) in [5.74, 6) is 1.89. The van der Waals surface area contributed by atoms with Crippen LogP contribution in [0.15, 0.2) is 48.5 Å². The van der Waals surface area contributed by atoms with Gasteiger partial charge >= 0.3 is 0 Å². The van der Waals surface area contributed by atoms with Crippen molar-refractivity contribution in [1.29, 1.82) is 0 Å². The maximum Gasteiger partial charge on any atom is 0.248 e. The van der Waals surface area contributed by atoms with Gasteiger partial charge in [0.25, 0.3) is 0 Å². The Morgan fingerprint density at radius 3 is 2.83 bits per heavy atom. The standard InChI is InChI=1S/C23H23N3O4/c1-15-20(16(2)26(3)25-15)8-10-23(27)24-18-6-4-5-17(11-18)13-28-19-7-9-21-22(12-19)30-14-29-21/h4-12H,13-14H2,1-3H3,(H,24,27)/b10-8+. The van der Waals surface area contributed by atoms with Gasteiger partial charge < -0.3 is 19.5 Å². The van der Waals surface area contributed by atoms with Crippen LogP contribution < -0.4 is 19.5 Å². The molecule has 30 heavy (non-hydrogen) atoms. The van der Waals surface area contributed by atoms with Gasteiger partial charge in [-0.05, 0) is 49.8 Å². The van der Waals surface area contributed by atoms with Gasteiger partial charge in [0.05, 0.1) is 5.69 Å². The number of aromatic nitrogens is 2. The second-order valence-electron chi connectivity index (χ2n) is 7.03. The molecular formula is C23H23N3O4. The number of fused-ring (bicyclic) bond motifs is 1. The van der Waals surface area contributed by atoms with Crippen molar-refractivity contribution in [3.63, 3.8) is 0 Å². The van der Waals surface area contributed by atoms with Crippen LogP contribution in [0.2, 0.25) is 0 Å². The van der Waals surface area contributed by atoms with Gasteiger partial charge in [0, 0.05) is 36.1 Å². The lowest BCUT2D eigenvalue weighted by molar-refractivity contribution is -0.111. The molecule has 0 spiro atoms. The molecule has 0 bridgehead atoms. The minimum absolute atomic E-state index is 0.202. The van der Waals surface area contributed by atoms with Gasteiger partial charge in [-0.1, -0.05) is 12.1 Å². The molecule has 3 aromatic rings. The number of rotatable bonds is 6. The summed E-state index contributed by atoms with van der Waals surface area (Å²) in [7, 11) is 1.89. The molecule has 0 unspecified atom stereocenters. The van der Waals surface area contributed by atoms with E-state index in [9.17, 15) is 4.79 Å². The smallest absolute Gasteiger partial charge is 0.248 e. The molecule has 1 aliphatic heterocycles. The highest BCUT2D eigenvalue weighted by Crippen LogP contribution is 2.35. The summed E-state index contributed by atoms with van der Waals surface area (Å²) in [5, 5.41) is 7.24. The molecule has 0 radical (unpaired) electrons. The molecule has 154 valence electrons. The Morgan fingerprint density at radius 2 is 2.03 bits per heavy atom. The predicted octanol–water partition coefficient (Wildman–Crippen LogP) is 4.00. The molecule has 1 aromatic heterocycles. The normalized spacial score (nSPS) is 12.4. The number of carbonyl (C=O) groups excluding carboxylic acids is 1. The number of amides is 1. The van der Waals surface area contributed by atoms with E-state index >= 15 is 0 Å². The van der Waals surface area contributed by atoms with Crippen LogP contribution in [-0.2, 0) is 18.4 Å². The fourth-order valence-corrected chi connectivity index (χ4v) is 3.25. The largest absolute Gasteiger partial charge is 0.489 e. The van der Waals surface area contributed by atoms with Crippen LogP contribution in [0.25, 0.3) is 6.08 Å². The van der Waals surface area contributed by atoms with Crippen LogP contribution in [0.5, 0.6) is 17.2 Å². The van der Waals surface area contributed by atoms with Crippen molar-refractivity contribution in [2.24, 2.45) is 7.05 Å². The number of ether oxygens (including phenoxy) is 3. The molecule has 0 saturated carbocycles. The van der Waals surface area contributed by atoms with Crippen LogP contribution in [0, 0.1) is 13.8 Å². The average molecular weight is 405 g/mol. The summed E-state index contributed by atoms with van der Waals surface area (Å²) in [6.45, 7) is 4.50. The molecule has 2 aromatic carbocycles. The fourth-order valence-electron chi connectivity index (χ4n) is 3.25. The summed E-state index contributed by atoms with van der Waals surface area (Å²) >= 11 is 0. The first-order valence-corrected chi connectivity index (χ1v) is 9.60. The summed E-state index contributed by atoms with van der Waals surface area (Å²) in [5.41, 5.74) is 4.50. The van der Waals surface area contributed by atoms with Crippen molar-refractivity contribution in [3.05, 3.63) is 71.1 Å². The topological polar surface area (TPSA) is 74.6 Å². The van der Waals surface area contributed by atoms with E-state index in [1.807, 2.05) is 57.3 Å².